The molecule has 4 aromatic carbocycles. The second kappa shape index (κ2) is 14.2. The number of esters is 1. The van der Waals surface area contributed by atoms with E-state index in [-0.39, 0.29) is 5.82 Å². The molecule has 0 amide bonds. The summed E-state index contributed by atoms with van der Waals surface area (Å²) in [6, 6.07) is 33.6. The summed E-state index contributed by atoms with van der Waals surface area (Å²) in [5, 5.41) is 12.0. The van der Waals surface area contributed by atoms with Gasteiger partial charge in [-0.15, -0.1) is 0 Å². The zero-order valence-electron chi connectivity index (χ0n) is 28.2. The average Bonchev–Trinajstić information content (AvgIpc) is 3.76. The second-order valence-electron chi connectivity index (χ2n) is 12.1. The standard InChI is InChI=1S/C39H37N5O7/c1-47-28-18-14-26(15-19-28)39(25-12-8-5-9-13-25,27-16-20-29(48-2)21-17-27)34(51-38(46)24-10-6-4-7-11-24)33-32(49-3)31(45)37(50-33)44-23-43-30-35(40)41-22-42-36(30)44/h4-23,31-34,37,45H,1-3H3,(H2,40,41,42)/t31-,32+,33+,34?,37-/m1/s1. The number of rotatable bonds is 11. The number of anilines is 1. The fraction of sp³-hybridized carbons (Fsp3) is 0.231. The molecule has 0 radical (unpaired) electrons. The van der Waals surface area contributed by atoms with Gasteiger partial charge in [0.15, 0.2) is 17.7 Å². The van der Waals surface area contributed by atoms with Gasteiger partial charge in [0.1, 0.15) is 47.8 Å². The van der Waals surface area contributed by atoms with E-state index in [4.69, 9.17) is 29.4 Å². The van der Waals surface area contributed by atoms with Gasteiger partial charge in [-0.3, -0.25) is 4.57 Å². The number of hydrogen-bond acceptors (Lipinski definition) is 11. The molecule has 1 aliphatic rings. The minimum absolute atomic E-state index is 0.183. The molecule has 12 heteroatoms. The molecule has 0 spiro atoms. The summed E-state index contributed by atoms with van der Waals surface area (Å²) in [6.07, 6.45) is -2.73. The van der Waals surface area contributed by atoms with Crippen LogP contribution in [0.5, 0.6) is 11.5 Å². The number of methoxy groups -OCH3 is 3. The highest BCUT2D eigenvalue weighted by molar-refractivity contribution is 5.89. The Morgan fingerprint density at radius 3 is 1.94 bits per heavy atom. The molecule has 0 bridgehead atoms. The van der Waals surface area contributed by atoms with Gasteiger partial charge in [0, 0.05) is 7.11 Å². The number of hydrogen-bond donors (Lipinski definition) is 2. The molecule has 2 aromatic heterocycles. The minimum atomic E-state index is -1.26. The van der Waals surface area contributed by atoms with Crippen LogP contribution < -0.4 is 15.2 Å². The Balaban J connectivity index is 1.49. The highest BCUT2D eigenvalue weighted by atomic mass is 16.6. The molecule has 5 atom stereocenters. The Labute approximate surface area is 294 Å². The van der Waals surface area contributed by atoms with Gasteiger partial charge in [0.05, 0.1) is 31.5 Å². The van der Waals surface area contributed by atoms with Crippen molar-refractivity contribution in [1.29, 1.82) is 0 Å². The maximum absolute atomic E-state index is 14.3. The van der Waals surface area contributed by atoms with Gasteiger partial charge in [-0.05, 0) is 53.1 Å². The van der Waals surface area contributed by atoms with Gasteiger partial charge in [0.2, 0.25) is 0 Å². The number of fused-ring (bicyclic) bond motifs is 1. The molecule has 3 heterocycles. The fourth-order valence-electron chi connectivity index (χ4n) is 7.04. The number of aromatic nitrogens is 4. The minimum Gasteiger partial charge on any atom is -0.497 e. The average molecular weight is 688 g/mol. The normalized spacial score (nSPS) is 19.5. The first kappa shape index (κ1) is 33.7. The van der Waals surface area contributed by atoms with E-state index in [1.54, 1.807) is 43.1 Å². The molecule has 0 aliphatic carbocycles. The maximum atomic E-state index is 14.3. The number of carbonyl (C=O) groups excluding carboxylic acids is 1. The quantitative estimate of drug-likeness (QED) is 0.140. The van der Waals surface area contributed by atoms with Crippen molar-refractivity contribution in [3.05, 3.63) is 144 Å². The van der Waals surface area contributed by atoms with Crippen LogP contribution in [0.25, 0.3) is 11.2 Å². The molecular weight excluding hydrogens is 650 g/mol. The van der Waals surface area contributed by atoms with Crippen molar-refractivity contribution in [2.45, 2.75) is 36.1 Å². The van der Waals surface area contributed by atoms with Gasteiger partial charge >= 0.3 is 5.97 Å². The number of carbonyl (C=O) groups is 1. The molecule has 3 N–H and O–H groups in total. The van der Waals surface area contributed by atoms with Crippen molar-refractivity contribution in [1.82, 2.24) is 19.5 Å². The largest absolute Gasteiger partial charge is 0.497 e. The van der Waals surface area contributed by atoms with Gasteiger partial charge in [-0.1, -0.05) is 72.8 Å². The smallest absolute Gasteiger partial charge is 0.338 e. The summed E-state index contributed by atoms with van der Waals surface area (Å²) in [4.78, 5) is 27.1. The highest BCUT2D eigenvalue weighted by Gasteiger charge is 2.58. The first-order valence-corrected chi connectivity index (χ1v) is 16.3. The van der Waals surface area contributed by atoms with E-state index in [1.165, 1.54) is 19.8 Å². The number of nitrogens with two attached hydrogens (primary N) is 1. The van der Waals surface area contributed by atoms with Crippen molar-refractivity contribution >= 4 is 23.0 Å². The summed E-state index contributed by atoms with van der Waals surface area (Å²) in [7, 11) is 4.69. The van der Waals surface area contributed by atoms with Gasteiger partial charge in [-0.25, -0.2) is 19.7 Å². The summed E-state index contributed by atoms with van der Waals surface area (Å²) in [5.74, 6) is 0.878. The van der Waals surface area contributed by atoms with Crippen molar-refractivity contribution in [2.75, 3.05) is 27.1 Å². The molecular formula is C39H37N5O7. The lowest BCUT2D eigenvalue weighted by Gasteiger charge is -2.45. The third-order valence-corrected chi connectivity index (χ3v) is 9.47. The van der Waals surface area contributed by atoms with E-state index in [1.807, 2.05) is 84.9 Å². The molecule has 51 heavy (non-hydrogen) atoms. The van der Waals surface area contributed by atoms with Crippen molar-refractivity contribution < 1.29 is 33.6 Å². The van der Waals surface area contributed by atoms with Crippen LogP contribution in [0.3, 0.4) is 0 Å². The van der Waals surface area contributed by atoms with Crippen LogP contribution in [0.2, 0.25) is 0 Å². The summed E-state index contributed by atoms with van der Waals surface area (Å²) in [5.41, 5.74) is 8.20. The predicted molar refractivity (Wildman–Crippen MR) is 188 cm³/mol. The van der Waals surface area contributed by atoms with E-state index in [2.05, 4.69) is 15.0 Å². The Morgan fingerprint density at radius 2 is 1.37 bits per heavy atom. The van der Waals surface area contributed by atoms with Gasteiger partial charge in [0.25, 0.3) is 0 Å². The van der Waals surface area contributed by atoms with Crippen molar-refractivity contribution in [2.24, 2.45) is 0 Å². The molecule has 6 aromatic rings. The third-order valence-electron chi connectivity index (χ3n) is 9.47. The molecule has 12 nitrogen and oxygen atoms in total. The van der Waals surface area contributed by atoms with E-state index < -0.39 is 42.0 Å². The van der Waals surface area contributed by atoms with Crippen LogP contribution >= 0.6 is 0 Å². The Kier molecular flexibility index (Phi) is 9.37. The van der Waals surface area contributed by atoms with Crippen LogP contribution in [0.4, 0.5) is 5.82 Å². The number of imidazole rings is 1. The van der Waals surface area contributed by atoms with Gasteiger partial charge < -0.3 is 34.5 Å². The second-order valence-corrected chi connectivity index (χ2v) is 12.1. The summed E-state index contributed by atoms with van der Waals surface area (Å²) in [6.45, 7) is 0. The number of aliphatic hydroxyl groups is 1. The van der Waals surface area contributed by atoms with Crippen LogP contribution in [-0.2, 0) is 19.6 Å². The van der Waals surface area contributed by atoms with E-state index in [0.29, 0.717) is 28.2 Å². The van der Waals surface area contributed by atoms with Crippen molar-refractivity contribution in [3.63, 3.8) is 0 Å². The molecule has 0 saturated carbocycles. The first-order chi connectivity index (χ1) is 24.9. The predicted octanol–water partition coefficient (Wildman–Crippen LogP) is 4.96. The molecule has 1 fully saturated rings. The lowest BCUT2D eigenvalue weighted by Crippen LogP contribution is -2.55. The maximum Gasteiger partial charge on any atom is 0.338 e. The number of ether oxygens (including phenoxy) is 5. The Hall–Kier alpha value is -5.82. The lowest BCUT2D eigenvalue weighted by atomic mass is 9.63. The topological polar surface area (TPSA) is 153 Å². The van der Waals surface area contributed by atoms with E-state index >= 15 is 0 Å². The van der Waals surface area contributed by atoms with Gasteiger partial charge in [-0.2, -0.15) is 0 Å². The van der Waals surface area contributed by atoms with Crippen LogP contribution in [0.15, 0.2) is 122 Å². The summed E-state index contributed by atoms with van der Waals surface area (Å²) < 4.78 is 32.3. The number of nitrogen functional groups attached to an aromatic ring is 1. The summed E-state index contributed by atoms with van der Waals surface area (Å²) >= 11 is 0. The highest BCUT2D eigenvalue weighted by Crippen LogP contribution is 2.49. The van der Waals surface area contributed by atoms with Crippen LogP contribution in [0.1, 0.15) is 33.3 Å². The zero-order chi connectivity index (χ0) is 35.5. The molecule has 260 valence electrons. The fourth-order valence-corrected chi connectivity index (χ4v) is 7.04. The lowest BCUT2D eigenvalue weighted by molar-refractivity contribution is -0.108. The number of aliphatic hydroxyl groups excluding tert-OH is 1. The van der Waals surface area contributed by atoms with E-state index in [0.717, 1.165) is 16.7 Å². The zero-order valence-corrected chi connectivity index (χ0v) is 28.2. The molecule has 1 unspecified atom stereocenters. The molecule has 7 rings (SSSR count). The molecule has 1 aliphatic heterocycles. The number of nitrogens with zero attached hydrogens (tertiary/aromatic N) is 4. The monoisotopic (exact) mass is 687 g/mol. The first-order valence-electron chi connectivity index (χ1n) is 16.3. The third kappa shape index (κ3) is 5.92. The van der Waals surface area contributed by atoms with Crippen molar-refractivity contribution in [3.8, 4) is 11.5 Å². The Bertz CT molecular complexity index is 2050. The molecule has 1 saturated heterocycles. The Morgan fingerprint density at radius 1 is 0.804 bits per heavy atom. The van der Waals surface area contributed by atoms with Crippen LogP contribution in [-0.4, -0.2) is 76.3 Å². The SMILES string of the molecule is COc1ccc(C(c2ccccc2)(c2ccc(OC)cc2)C(OC(=O)c2ccccc2)[C@H]2O[C@@H](n3cnc4c(N)ncnc43)[C@H](O)[C@@H]2OC)cc1. The number of benzene rings is 4. The van der Waals surface area contributed by atoms with Crippen LogP contribution in [0, 0.1) is 0 Å². The van der Waals surface area contributed by atoms with E-state index in [9.17, 15) is 9.90 Å².